The van der Waals surface area contributed by atoms with E-state index in [1.165, 1.54) is 6.33 Å². The lowest BCUT2D eigenvalue weighted by Crippen LogP contribution is -2.60. The highest BCUT2D eigenvalue weighted by molar-refractivity contribution is 6.31. The largest absolute Gasteiger partial charge is 0.509 e. The van der Waals surface area contributed by atoms with Gasteiger partial charge in [0.1, 0.15) is 25.1 Å². The molecule has 4 heterocycles. The van der Waals surface area contributed by atoms with Gasteiger partial charge in [0.15, 0.2) is 18.0 Å². The second-order valence-corrected chi connectivity index (χ2v) is 17.8. The number of hydrogen-bond donors (Lipinski definition) is 1. The highest BCUT2D eigenvalue weighted by atomic mass is 35.5. The van der Waals surface area contributed by atoms with Crippen LogP contribution in [0.4, 0.5) is 4.79 Å². The lowest BCUT2D eigenvalue weighted by Gasteiger charge is -2.48. The number of aliphatic hydroxyl groups excluding tert-OH is 1. The van der Waals surface area contributed by atoms with Crippen LogP contribution < -0.4 is 0 Å². The Balaban J connectivity index is 1.63. The number of oxime groups is 1. The molecule has 338 valence electrons. The molecule has 0 unspecified atom stereocenters. The van der Waals surface area contributed by atoms with Crippen LogP contribution in [0.2, 0.25) is 5.02 Å². The normalized spacial score (nSPS) is 37.2. The minimum atomic E-state index is -1.40. The number of carbonyl (C=O) groups is 2. The summed E-state index contributed by atoms with van der Waals surface area (Å²) >= 11 is 6.48. The number of benzene rings is 1. The van der Waals surface area contributed by atoms with Crippen molar-refractivity contribution >= 4 is 35.5 Å². The molecule has 16 heteroatoms. The molecule has 5 rings (SSSR count). The summed E-state index contributed by atoms with van der Waals surface area (Å²) in [5.41, 5.74) is -0.496. The lowest BCUT2D eigenvalue weighted by atomic mass is 9.73. The first kappa shape index (κ1) is 48.3. The van der Waals surface area contributed by atoms with Crippen LogP contribution in [0.25, 0.3) is 6.08 Å². The van der Waals surface area contributed by atoms with E-state index in [9.17, 15) is 14.7 Å². The Kier molecular flexibility index (Phi) is 16.7. The zero-order valence-corrected chi connectivity index (χ0v) is 38.1. The van der Waals surface area contributed by atoms with Gasteiger partial charge >= 0.3 is 12.1 Å². The van der Waals surface area contributed by atoms with Gasteiger partial charge in [-0.3, -0.25) is 4.79 Å². The summed E-state index contributed by atoms with van der Waals surface area (Å²) in [4.78, 5) is 43.8. The number of aromatic nitrogens is 2. The van der Waals surface area contributed by atoms with E-state index in [4.69, 9.17) is 54.8 Å². The van der Waals surface area contributed by atoms with Gasteiger partial charge in [-0.1, -0.05) is 74.8 Å². The SMILES string of the molecule is CC[C@H]1OC(=O)[C@H](C)[C@@H](OC/C=C/c2cncnc2)[C@H](C)[C@@H](O[C@@H]2O[C@H](C)C[C@H](N(C)C)[C@H]2O)[C@](C)(OC)C[C@@H](C)/C(=N\OCc2ccccc2Cl)[C@H](C)[C@H]2OC(=O)O[C@@]21C. The second kappa shape index (κ2) is 21.1. The maximum atomic E-state index is 14.5. The van der Waals surface area contributed by atoms with Crippen molar-refractivity contribution in [2.75, 3.05) is 27.8 Å². The summed E-state index contributed by atoms with van der Waals surface area (Å²) in [6, 6.07) is 7.08. The number of carbonyl (C=O) groups excluding carboxylic acids is 2. The Bertz CT molecular complexity index is 1820. The van der Waals surface area contributed by atoms with Crippen molar-refractivity contribution in [2.45, 2.75) is 141 Å². The first-order chi connectivity index (χ1) is 28.9. The number of ether oxygens (including phenoxy) is 7. The van der Waals surface area contributed by atoms with Gasteiger partial charge in [-0.05, 0) is 67.1 Å². The molecule has 3 aliphatic rings. The van der Waals surface area contributed by atoms with Crippen LogP contribution in [-0.4, -0.2) is 126 Å². The van der Waals surface area contributed by atoms with Gasteiger partial charge in [0.05, 0.1) is 42.1 Å². The number of methoxy groups -OCH3 is 1. The molecule has 1 N–H and O–H groups in total. The van der Waals surface area contributed by atoms with Crippen molar-refractivity contribution < 1.29 is 52.7 Å². The van der Waals surface area contributed by atoms with Gasteiger partial charge in [0, 0.05) is 59.4 Å². The van der Waals surface area contributed by atoms with Crippen molar-refractivity contribution in [1.29, 1.82) is 0 Å². The first-order valence-electron chi connectivity index (χ1n) is 21.2. The molecule has 1 aromatic carbocycles. The van der Waals surface area contributed by atoms with E-state index in [0.717, 1.165) is 11.1 Å². The Morgan fingerprint density at radius 1 is 1.05 bits per heavy atom. The number of hydrogen-bond acceptors (Lipinski definition) is 15. The molecule has 0 aliphatic carbocycles. The third-order valence-corrected chi connectivity index (χ3v) is 13.0. The molecule has 14 atom stereocenters. The molecular formula is C45H65ClN4O11. The number of esters is 1. The molecule has 0 bridgehead atoms. The van der Waals surface area contributed by atoms with E-state index < -0.39 is 83.8 Å². The highest BCUT2D eigenvalue weighted by Crippen LogP contribution is 2.43. The predicted octanol–water partition coefficient (Wildman–Crippen LogP) is 6.88. The lowest BCUT2D eigenvalue weighted by molar-refractivity contribution is -0.302. The average molecular weight is 873 g/mol. The van der Waals surface area contributed by atoms with Crippen molar-refractivity contribution in [3.63, 3.8) is 0 Å². The van der Waals surface area contributed by atoms with E-state index in [0.29, 0.717) is 30.0 Å². The Labute approximate surface area is 365 Å². The minimum absolute atomic E-state index is 0.0745. The van der Waals surface area contributed by atoms with Crippen molar-refractivity contribution in [3.8, 4) is 0 Å². The van der Waals surface area contributed by atoms with E-state index >= 15 is 0 Å². The third kappa shape index (κ3) is 11.3. The summed E-state index contributed by atoms with van der Waals surface area (Å²) in [6.07, 6.45) is 2.93. The predicted molar refractivity (Wildman–Crippen MR) is 228 cm³/mol. The van der Waals surface area contributed by atoms with Crippen LogP contribution in [0.3, 0.4) is 0 Å². The summed E-state index contributed by atoms with van der Waals surface area (Å²) < 4.78 is 44.7. The molecule has 61 heavy (non-hydrogen) atoms. The topological polar surface area (TPSA) is 170 Å². The van der Waals surface area contributed by atoms with Crippen molar-refractivity contribution in [3.05, 3.63) is 65.2 Å². The van der Waals surface area contributed by atoms with E-state index in [-0.39, 0.29) is 25.4 Å². The molecule has 2 aromatic rings. The van der Waals surface area contributed by atoms with Gasteiger partial charge in [-0.15, -0.1) is 0 Å². The fourth-order valence-corrected chi connectivity index (χ4v) is 9.40. The van der Waals surface area contributed by atoms with Gasteiger partial charge in [0.2, 0.25) is 0 Å². The average Bonchev–Trinajstić information content (AvgIpc) is 3.55. The number of rotatable bonds is 12. The monoisotopic (exact) mass is 872 g/mol. The number of fused-ring (bicyclic) bond motifs is 1. The molecule has 3 saturated heterocycles. The standard InChI is InChI=1S/C45H65ClN4O11/c1-12-35-45(8)40(60-43(53)61-45)28(4)36(49-56-24-32-17-13-14-18-33(32)46)26(2)21-44(7,54-11)39(59-42-37(51)34(50(9)10)20-27(3)57-42)29(5)38(30(6)41(52)58-35)55-19-15-16-31-22-47-25-48-23-31/h13-18,22-23,25-30,34-35,37-40,42,51H,12,19-21,24H2,1-11H3/b16-15+,49-36+/t26-,27-,28+,29+,30-,34+,35-,37-,38+,39-,40-,42+,44-,45-/m1/s1. The van der Waals surface area contributed by atoms with Crippen LogP contribution in [0.15, 0.2) is 54.2 Å². The van der Waals surface area contributed by atoms with Gasteiger partial charge in [-0.2, -0.15) is 0 Å². The number of likely N-dealkylation sites (N-methyl/N-ethyl adjacent to an activating group) is 1. The quantitative estimate of drug-likeness (QED) is 0.173. The molecule has 1 aromatic heterocycles. The highest BCUT2D eigenvalue weighted by Gasteiger charge is 2.59. The maximum Gasteiger partial charge on any atom is 0.509 e. The Morgan fingerprint density at radius 3 is 2.41 bits per heavy atom. The smallest absolute Gasteiger partial charge is 0.458 e. The minimum Gasteiger partial charge on any atom is -0.458 e. The molecule has 0 amide bonds. The van der Waals surface area contributed by atoms with Crippen molar-refractivity contribution in [1.82, 2.24) is 14.9 Å². The molecule has 3 fully saturated rings. The first-order valence-corrected chi connectivity index (χ1v) is 21.6. The van der Waals surface area contributed by atoms with Gasteiger partial charge in [-0.25, -0.2) is 14.8 Å². The molecular weight excluding hydrogens is 808 g/mol. The third-order valence-electron chi connectivity index (χ3n) is 12.6. The summed E-state index contributed by atoms with van der Waals surface area (Å²) in [7, 11) is 5.43. The van der Waals surface area contributed by atoms with Crippen LogP contribution >= 0.6 is 11.6 Å². The Hall–Kier alpha value is -3.70. The van der Waals surface area contributed by atoms with Crippen LogP contribution in [-0.2, 0) is 49.4 Å². The zero-order valence-electron chi connectivity index (χ0n) is 37.4. The second-order valence-electron chi connectivity index (χ2n) is 17.3. The number of halogens is 1. The summed E-state index contributed by atoms with van der Waals surface area (Å²) in [5, 5.41) is 17.0. The Morgan fingerprint density at radius 2 is 1.75 bits per heavy atom. The molecule has 15 nitrogen and oxygen atoms in total. The van der Waals surface area contributed by atoms with Crippen LogP contribution in [0.1, 0.15) is 85.8 Å². The van der Waals surface area contributed by atoms with Crippen LogP contribution in [0, 0.1) is 23.7 Å². The van der Waals surface area contributed by atoms with E-state index in [1.54, 1.807) is 39.4 Å². The summed E-state index contributed by atoms with van der Waals surface area (Å²) in [6.45, 7) is 15.2. The maximum absolute atomic E-state index is 14.5. The number of cyclic esters (lactones) is 1. The fraction of sp³-hybridized carbons (Fsp3) is 0.667. The summed E-state index contributed by atoms with van der Waals surface area (Å²) in [5.74, 6) is -3.05. The zero-order chi connectivity index (χ0) is 44.6. The molecule has 0 radical (unpaired) electrons. The number of nitrogens with zero attached hydrogens (tertiary/aromatic N) is 4. The molecule has 3 aliphatic heterocycles. The van der Waals surface area contributed by atoms with Gasteiger partial charge in [0.25, 0.3) is 0 Å². The number of aliphatic hydroxyl groups is 1. The molecule has 0 spiro atoms. The van der Waals surface area contributed by atoms with E-state index in [1.807, 2.05) is 90.9 Å². The van der Waals surface area contributed by atoms with Crippen LogP contribution in [0.5, 0.6) is 0 Å². The molecule has 0 saturated carbocycles. The van der Waals surface area contributed by atoms with Crippen molar-refractivity contribution in [2.24, 2.45) is 28.8 Å². The van der Waals surface area contributed by atoms with Gasteiger partial charge < -0.3 is 48.0 Å². The fourth-order valence-electron chi connectivity index (χ4n) is 9.21. The van der Waals surface area contributed by atoms with E-state index in [2.05, 4.69) is 9.97 Å².